The average molecular weight is 514 g/mol. The smallest absolute Gasteiger partial charge is 0.408 e. The van der Waals surface area contributed by atoms with E-state index in [1.165, 1.54) is 26.6 Å². The van der Waals surface area contributed by atoms with Crippen molar-refractivity contribution in [2.45, 2.75) is 31.0 Å². The number of ether oxygens (including phenoxy) is 2. The van der Waals surface area contributed by atoms with Gasteiger partial charge in [0.15, 0.2) is 11.3 Å². The number of pyridine rings is 1. The van der Waals surface area contributed by atoms with Crippen LogP contribution >= 0.6 is 0 Å². The van der Waals surface area contributed by atoms with Crippen LogP contribution in [0.25, 0.3) is 27.9 Å². The molecule has 10 nitrogen and oxygen atoms in total. The van der Waals surface area contributed by atoms with Crippen LogP contribution in [0.4, 0.5) is 17.6 Å². The highest BCUT2D eigenvalue weighted by Gasteiger charge is 2.43. The molecule has 1 aliphatic carbocycles. The Labute approximate surface area is 205 Å². The fourth-order valence-electron chi connectivity index (χ4n) is 4.48. The van der Waals surface area contributed by atoms with Crippen molar-refractivity contribution in [2.24, 2.45) is 0 Å². The lowest BCUT2D eigenvalue weighted by Crippen LogP contribution is -2.18. The molecule has 0 unspecified atom stereocenters. The Morgan fingerprint density at radius 1 is 1.00 bits per heavy atom. The molecular formula is C23H18F4N8O2. The van der Waals surface area contributed by atoms with Crippen LogP contribution in [0.2, 0.25) is 0 Å². The Morgan fingerprint density at radius 2 is 1.84 bits per heavy atom. The van der Waals surface area contributed by atoms with Gasteiger partial charge in [-0.25, -0.2) is 19.6 Å². The second-order valence-corrected chi connectivity index (χ2v) is 8.60. The summed E-state index contributed by atoms with van der Waals surface area (Å²) in [5.74, 6) is -0.673. The lowest BCUT2D eigenvalue weighted by Gasteiger charge is -2.11. The first-order valence-corrected chi connectivity index (χ1v) is 11.1. The minimum absolute atomic E-state index is 0.101. The summed E-state index contributed by atoms with van der Waals surface area (Å²) in [6.07, 6.45) is 0.136. The summed E-state index contributed by atoms with van der Waals surface area (Å²) in [6, 6.07) is 5.35. The summed E-state index contributed by atoms with van der Waals surface area (Å²) in [5, 5.41) is 8.71. The van der Waals surface area contributed by atoms with Crippen molar-refractivity contribution in [3.05, 3.63) is 54.0 Å². The number of halogens is 4. The second kappa shape index (κ2) is 8.35. The predicted molar refractivity (Wildman–Crippen MR) is 121 cm³/mol. The molecule has 1 aliphatic rings. The molecular weight excluding hydrogens is 496 g/mol. The average Bonchev–Trinajstić information content (AvgIpc) is 3.47. The Kier molecular flexibility index (Phi) is 5.21. The molecule has 0 radical (unpaired) electrons. The molecule has 14 heteroatoms. The Balaban J connectivity index is 1.40. The van der Waals surface area contributed by atoms with Gasteiger partial charge < -0.3 is 9.47 Å². The highest BCUT2D eigenvalue weighted by molar-refractivity contribution is 5.75. The van der Waals surface area contributed by atoms with Crippen LogP contribution in [0.1, 0.15) is 29.5 Å². The largest absolute Gasteiger partial charge is 0.480 e. The topological polar surface area (TPSA) is 105 Å². The van der Waals surface area contributed by atoms with Crippen LogP contribution in [0.5, 0.6) is 11.9 Å². The number of alkyl halides is 3. The summed E-state index contributed by atoms with van der Waals surface area (Å²) in [4.78, 5) is 17.0. The monoisotopic (exact) mass is 514 g/mol. The number of hydrogen-bond donors (Lipinski definition) is 0. The van der Waals surface area contributed by atoms with Crippen molar-refractivity contribution >= 4 is 16.7 Å². The number of rotatable bonds is 6. The first-order chi connectivity index (χ1) is 17.8. The molecule has 0 amide bonds. The van der Waals surface area contributed by atoms with E-state index in [1.54, 1.807) is 18.2 Å². The number of methoxy groups -OCH3 is 2. The lowest BCUT2D eigenvalue weighted by atomic mass is 10.1. The third-order valence-corrected chi connectivity index (χ3v) is 6.24. The van der Waals surface area contributed by atoms with Crippen molar-refractivity contribution in [3.8, 4) is 23.1 Å². The van der Waals surface area contributed by atoms with Gasteiger partial charge in [0.2, 0.25) is 11.8 Å². The number of aromatic nitrogens is 8. The highest BCUT2D eigenvalue weighted by atomic mass is 19.4. The van der Waals surface area contributed by atoms with Crippen molar-refractivity contribution in [2.75, 3.05) is 14.2 Å². The van der Waals surface area contributed by atoms with E-state index in [4.69, 9.17) is 9.47 Å². The summed E-state index contributed by atoms with van der Waals surface area (Å²) < 4.78 is 65.8. The fraction of sp³-hybridized carbons (Fsp3) is 0.304. The minimum atomic E-state index is -4.42. The van der Waals surface area contributed by atoms with Crippen LogP contribution < -0.4 is 9.47 Å². The molecule has 37 heavy (non-hydrogen) atoms. The number of imidazole rings is 1. The zero-order valence-electron chi connectivity index (χ0n) is 19.4. The second-order valence-electron chi connectivity index (χ2n) is 8.60. The van der Waals surface area contributed by atoms with Crippen LogP contribution in [0.3, 0.4) is 0 Å². The van der Waals surface area contributed by atoms with Crippen LogP contribution in [-0.4, -0.2) is 59.7 Å². The molecule has 1 saturated carbocycles. The van der Waals surface area contributed by atoms with Crippen LogP contribution in [-0.2, 0) is 6.54 Å². The lowest BCUT2D eigenvalue weighted by molar-refractivity contribution is -0.141. The molecule has 5 aromatic heterocycles. The zero-order chi connectivity index (χ0) is 25.9. The summed E-state index contributed by atoms with van der Waals surface area (Å²) in [6.45, 7) is -1.23. The maximum Gasteiger partial charge on any atom is 0.408 e. The third kappa shape index (κ3) is 4.07. The van der Waals surface area contributed by atoms with E-state index >= 15 is 0 Å². The van der Waals surface area contributed by atoms with Gasteiger partial charge in [-0.2, -0.15) is 37.3 Å². The minimum Gasteiger partial charge on any atom is -0.480 e. The van der Waals surface area contributed by atoms with Gasteiger partial charge in [0.1, 0.15) is 6.54 Å². The zero-order valence-corrected chi connectivity index (χ0v) is 19.4. The highest BCUT2D eigenvalue weighted by Crippen LogP contribution is 2.55. The van der Waals surface area contributed by atoms with Crippen molar-refractivity contribution < 1.29 is 27.0 Å². The van der Waals surface area contributed by atoms with Crippen LogP contribution in [0.15, 0.2) is 36.8 Å². The first-order valence-electron chi connectivity index (χ1n) is 11.1. The quantitative estimate of drug-likeness (QED) is 0.314. The first kappa shape index (κ1) is 23.1. The van der Waals surface area contributed by atoms with Gasteiger partial charge in [-0.15, -0.1) is 0 Å². The molecule has 0 aromatic carbocycles. The van der Waals surface area contributed by atoms with Crippen molar-refractivity contribution in [1.82, 2.24) is 39.3 Å². The Bertz CT molecular complexity index is 1650. The Morgan fingerprint density at radius 3 is 2.59 bits per heavy atom. The number of fused-ring (bicyclic) bond motifs is 2. The molecule has 1 fully saturated rings. The van der Waals surface area contributed by atoms with E-state index in [9.17, 15) is 17.6 Å². The SMILES string of the molecule is COc1ncc(-c2cc([C@H]3C[C@@H]3c3ccc4cnn(CC(F)(F)F)c4n3)c3ncc(F)n3n2)c(OC)n1. The Hall–Kier alpha value is -4.36. The van der Waals surface area contributed by atoms with Gasteiger partial charge >= 0.3 is 12.2 Å². The number of hydrogen-bond acceptors (Lipinski definition) is 8. The summed E-state index contributed by atoms with van der Waals surface area (Å²) in [7, 11) is 2.86. The van der Waals surface area contributed by atoms with Gasteiger partial charge in [0.25, 0.3) is 0 Å². The predicted octanol–water partition coefficient (Wildman–Crippen LogP) is 3.92. The molecule has 0 aliphatic heterocycles. The van der Waals surface area contributed by atoms with Crippen molar-refractivity contribution in [1.29, 1.82) is 0 Å². The normalized spacial score (nSPS) is 17.5. The maximum atomic E-state index is 14.6. The fourth-order valence-corrected chi connectivity index (χ4v) is 4.48. The van der Waals surface area contributed by atoms with Gasteiger partial charge in [-0.1, -0.05) is 0 Å². The maximum absolute atomic E-state index is 14.6. The number of nitrogens with zero attached hydrogens (tertiary/aromatic N) is 8. The molecule has 0 N–H and O–H groups in total. The van der Waals surface area contributed by atoms with Gasteiger partial charge in [0, 0.05) is 28.8 Å². The molecule has 5 aromatic rings. The van der Waals surface area contributed by atoms with Gasteiger partial charge in [-0.05, 0) is 30.5 Å². The van der Waals surface area contributed by atoms with Crippen LogP contribution in [0, 0.1) is 5.95 Å². The van der Waals surface area contributed by atoms with Crippen molar-refractivity contribution in [3.63, 3.8) is 0 Å². The van der Waals surface area contributed by atoms with E-state index in [0.29, 0.717) is 40.0 Å². The molecule has 190 valence electrons. The molecule has 0 saturated heterocycles. The van der Waals surface area contributed by atoms with Gasteiger partial charge in [0.05, 0.1) is 37.9 Å². The summed E-state index contributed by atoms with van der Waals surface area (Å²) >= 11 is 0. The van der Waals surface area contributed by atoms with E-state index < -0.39 is 18.7 Å². The molecule has 2 atom stereocenters. The molecule has 0 spiro atoms. The van der Waals surface area contributed by atoms with Gasteiger partial charge in [-0.3, -0.25) is 0 Å². The van der Waals surface area contributed by atoms with E-state index in [-0.39, 0.29) is 29.4 Å². The summed E-state index contributed by atoms with van der Waals surface area (Å²) in [5.41, 5.74) is 2.61. The van der Waals surface area contributed by atoms with E-state index in [1.807, 2.05) is 0 Å². The third-order valence-electron chi connectivity index (χ3n) is 6.24. The standard InChI is InChI=1S/C23H18F4N8O2/c1-36-21-15(8-29-22(32-21)37-2)17-6-14(20-28-9-18(24)35(20)33-17)12-5-13(12)16-4-3-11-7-30-34(19(11)31-16)10-23(25,26)27/h3-4,6-9,12-13H,5,10H2,1-2H3/t12-,13-/m0/s1. The van der Waals surface area contributed by atoms with E-state index in [0.717, 1.165) is 15.4 Å². The molecule has 0 bridgehead atoms. The molecule has 5 heterocycles. The molecule has 6 rings (SSSR count). The van der Waals surface area contributed by atoms with E-state index in [2.05, 4.69) is 30.1 Å².